The van der Waals surface area contributed by atoms with Crippen molar-refractivity contribution >= 4 is 6.03 Å². The van der Waals surface area contributed by atoms with E-state index in [0.717, 1.165) is 26.1 Å². The van der Waals surface area contributed by atoms with Crippen molar-refractivity contribution < 1.29 is 4.79 Å². The minimum Gasteiger partial charge on any atom is -0.325 e. The molecular formula is C12H23N3O. The van der Waals surface area contributed by atoms with Crippen molar-refractivity contribution in [2.45, 2.75) is 38.3 Å². The molecule has 0 radical (unpaired) electrons. The van der Waals surface area contributed by atoms with Gasteiger partial charge in [-0.05, 0) is 33.7 Å². The van der Waals surface area contributed by atoms with Crippen LogP contribution in [0.4, 0.5) is 4.79 Å². The number of urea groups is 1. The molecule has 16 heavy (non-hydrogen) atoms. The lowest BCUT2D eigenvalue weighted by Crippen LogP contribution is -2.68. The molecule has 2 aliphatic heterocycles. The predicted molar refractivity (Wildman–Crippen MR) is 64.5 cm³/mol. The van der Waals surface area contributed by atoms with E-state index in [1.807, 2.05) is 11.9 Å². The second-order valence-corrected chi connectivity index (χ2v) is 5.64. The first-order valence-electron chi connectivity index (χ1n) is 6.19. The van der Waals surface area contributed by atoms with Gasteiger partial charge >= 0.3 is 6.03 Å². The number of hydrogen-bond donors (Lipinski definition) is 0. The number of amides is 2. The zero-order chi connectivity index (χ0) is 11.9. The largest absolute Gasteiger partial charge is 0.325 e. The van der Waals surface area contributed by atoms with Gasteiger partial charge in [0.05, 0.1) is 5.54 Å². The minimum absolute atomic E-state index is 0.162. The van der Waals surface area contributed by atoms with Crippen molar-refractivity contribution in [2.24, 2.45) is 0 Å². The zero-order valence-corrected chi connectivity index (χ0v) is 10.9. The molecule has 4 nitrogen and oxygen atoms in total. The van der Waals surface area contributed by atoms with E-state index >= 15 is 0 Å². The predicted octanol–water partition coefficient (Wildman–Crippen LogP) is 1.23. The van der Waals surface area contributed by atoms with Gasteiger partial charge < -0.3 is 14.7 Å². The molecule has 0 saturated carbocycles. The Bertz CT molecular complexity index is 284. The lowest BCUT2D eigenvalue weighted by molar-refractivity contribution is -0.000397. The molecule has 92 valence electrons. The lowest BCUT2D eigenvalue weighted by atomic mass is 9.88. The summed E-state index contributed by atoms with van der Waals surface area (Å²) in [5.41, 5.74) is 0.162. The van der Waals surface area contributed by atoms with Gasteiger partial charge in [0, 0.05) is 32.7 Å². The van der Waals surface area contributed by atoms with Crippen molar-refractivity contribution in [1.29, 1.82) is 0 Å². The first-order chi connectivity index (χ1) is 7.46. The van der Waals surface area contributed by atoms with Crippen molar-refractivity contribution in [3.05, 3.63) is 0 Å². The van der Waals surface area contributed by atoms with Gasteiger partial charge in [-0.15, -0.1) is 0 Å². The molecule has 4 heteroatoms. The molecule has 2 aliphatic rings. The van der Waals surface area contributed by atoms with Crippen LogP contribution in [0.1, 0.15) is 26.7 Å². The fourth-order valence-corrected chi connectivity index (χ4v) is 2.94. The second kappa shape index (κ2) is 3.91. The van der Waals surface area contributed by atoms with Crippen molar-refractivity contribution in [3.8, 4) is 0 Å². The number of likely N-dealkylation sites (tertiary alicyclic amines) is 2. The summed E-state index contributed by atoms with van der Waals surface area (Å²) in [6.07, 6.45) is 2.33. The van der Waals surface area contributed by atoms with E-state index in [1.165, 1.54) is 6.42 Å². The Morgan fingerprint density at radius 1 is 1.38 bits per heavy atom. The van der Waals surface area contributed by atoms with Crippen LogP contribution in [0.5, 0.6) is 0 Å². The maximum Gasteiger partial charge on any atom is 0.320 e. The van der Waals surface area contributed by atoms with Crippen LogP contribution in [-0.4, -0.2) is 66.0 Å². The Hall–Kier alpha value is -0.770. The molecule has 0 unspecified atom stereocenters. The lowest BCUT2D eigenvalue weighted by Gasteiger charge is -2.52. The van der Waals surface area contributed by atoms with Gasteiger partial charge in [-0.2, -0.15) is 0 Å². The monoisotopic (exact) mass is 225 g/mol. The summed E-state index contributed by atoms with van der Waals surface area (Å²) in [5.74, 6) is 0. The Morgan fingerprint density at radius 2 is 2.00 bits per heavy atom. The summed E-state index contributed by atoms with van der Waals surface area (Å²) >= 11 is 0. The highest BCUT2D eigenvalue weighted by Crippen LogP contribution is 2.37. The van der Waals surface area contributed by atoms with E-state index in [0.29, 0.717) is 0 Å². The molecule has 0 aromatic heterocycles. The standard InChI is InChI=1S/C12H23N3O/c1-10(2)14(4)11(16)15-7-5-6-12(15)8-13(3)9-12/h10H,5-9H2,1-4H3. The molecule has 0 aromatic rings. The van der Waals surface area contributed by atoms with Crippen LogP contribution in [0, 0.1) is 0 Å². The Morgan fingerprint density at radius 3 is 2.50 bits per heavy atom. The normalized spacial score (nSPS) is 23.9. The van der Waals surface area contributed by atoms with Crippen LogP contribution in [0.2, 0.25) is 0 Å². The quantitative estimate of drug-likeness (QED) is 0.671. The number of nitrogens with zero attached hydrogens (tertiary/aromatic N) is 3. The number of likely N-dealkylation sites (N-methyl/N-ethyl adjacent to an activating group) is 1. The van der Waals surface area contributed by atoms with Crippen molar-refractivity contribution in [2.75, 3.05) is 33.7 Å². The number of carbonyl (C=O) groups is 1. The minimum atomic E-state index is 0.162. The van der Waals surface area contributed by atoms with Crippen molar-refractivity contribution in [1.82, 2.24) is 14.7 Å². The first kappa shape index (κ1) is 11.7. The third-order valence-electron chi connectivity index (χ3n) is 4.03. The summed E-state index contributed by atoms with van der Waals surface area (Å²) in [6.45, 7) is 7.15. The number of hydrogen-bond acceptors (Lipinski definition) is 2. The summed E-state index contributed by atoms with van der Waals surface area (Å²) in [6, 6.07) is 0.489. The Balaban J connectivity index is 2.06. The van der Waals surface area contributed by atoms with Gasteiger partial charge in [-0.25, -0.2) is 4.79 Å². The molecular weight excluding hydrogens is 202 g/mol. The van der Waals surface area contributed by atoms with Crippen LogP contribution < -0.4 is 0 Å². The number of rotatable bonds is 1. The fourth-order valence-electron chi connectivity index (χ4n) is 2.94. The fraction of sp³-hybridized carbons (Fsp3) is 0.917. The highest BCUT2D eigenvalue weighted by molar-refractivity contribution is 5.76. The molecule has 0 aliphatic carbocycles. The van der Waals surface area contributed by atoms with E-state index in [1.54, 1.807) is 0 Å². The van der Waals surface area contributed by atoms with E-state index in [-0.39, 0.29) is 17.6 Å². The third-order valence-corrected chi connectivity index (χ3v) is 4.03. The smallest absolute Gasteiger partial charge is 0.320 e. The van der Waals surface area contributed by atoms with Gasteiger partial charge in [0.1, 0.15) is 0 Å². The van der Waals surface area contributed by atoms with E-state index in [2.05, 4.69) is 30.7 Å². The van der Waals surface area contributed by atoms with Crippen molar-refractivity contribution in [3.63, 3.8) is 0 Å². The third kappa shape index (κ3) is 1.69. The van der Waals surface area contributed by atoms with Gasteiger partial charge in [0.15, 0.2) is 0 Å². The van der Waals surface area contributed by atoms with E-state index in [9.17, 15) is 4.79 Å². The average Bonchev–Trinajstić information content (AvgIpc) is 2.59. The summed E-state index contributed by atoms with van der Waals surface area (Å²) < 4.78 is 0. The van der Waals surface area contributed by atoms with Crippen LogP contribution in [0.25, 0.3) is 0 Å². The molecule has 2 saturated heterocycles. The highest BCUT2D eigenvalue weighted by Gasteiger charge is 2.51. The molecule has 2 rings (SSSR count). The zero-order valence-electron chi connectivity index (χ0n) is 10.9. The molecule has 2 amide bonds. The average molecular weight is 225 g/mol. The molecule has 0 atom stereocenters. The van der Waals surface area contributed by atoms with E-state index in [4.69, 9.17) is 0 Å². The first-order valence-corrected chi connectivity index (χ1v) is 6.19. The summed E-state index contributed by atoms with van der Waals surface area (Å²) in [7, 11) is 4.03. The van der Waals surface area contributed by atoms with Gasteiger partial charge in [0.2, 0.25) is 0 Å². The Kier molecular flexibility index (Phi) is 2.86. The summed E-state index contributed by atoms with van der Waals surface area (Å²) in [5, 5.41) is 0. The molecule has 0 bridgehead atoms. The maximum atomic E-state index is 12.3. The molecule has 2 heterocycles. The van der Waals surface area contributed by atoms with Gasteiger partial charge in [-0.1, -0.05) is 0 Å². The van der Waals surface area contributed by atoms with Crippen LogP contribution >= 0.6 is 0 Å². The molecule has 0 aromatic carbocycles. The topological polar surface area (TPSA) is 26.8 Å². The molecule has 1 spiro atoms. The SMILES string of the molecule is CC(C)N(C)C(=O)N1CCCC12CN(C)C2. The second-order valence-electron chi connectivity index (χ2n) is 5.64. The summed E-state index contributed by atoms with van der Waals surface area (Å²) in [4.78, 5) is 18.6. The number of carbonyl (C=O) groups excluding carboxylic acids is 1. The molecule has 0 N–H and O–H groups in total. The van der Waals surface area contributed by atoms with Gasteiger partial charge in [-0.3, -0.25) is 0 Å². The van der Waals surface area contributed by atoms with Crippen LogP contribution in [-0.2, 0) is 0 Å². The maximum absolute atomic E-state index is 12.3. The molecule has 2 fully saturated rings. The Labute approximate surface area is 98.2 Å². The van der Waals surface area contributed by atoms with Gasteiger partial charge in [0.25, 0.3) is 0 Å². The van der Waals surface area contributed by atoms with Crippen LogP contribution in [0.3, 0.4) is 0 Å². The van der Waals surface area contributed by atoms with Crippen LogP contribution in [0.15, 0.2) is 0 Å². The van der Waals surface area contributed by atoms with E-state index < -0.39 is 0 Å². The highest BCUT2D eigenvalue weighted by atomic mass is 16.2.